The van der Waals surface area contributed by atoms with Crippen molar-refractivity contribution in [3.05, 3.63) is 107 Å². The van der Waals surface area contributed by atoms with Gasteiger partial charge in [-0.05, 0) is 164 Å². The summed E-state index contributed by atoms with van der Waals surface area (Å²) >= 11 is 0. The maximum atomic E-state index is 14.6. The highest BCUT2D eigenvalue weighted by Crippen LogP contribution is 2.49. The van der Waals surface area contributed by atoms with Gasteiger partial charge in [0.2, 0.25) is 11.8 Å². The SMILES string of the molecule is CC(C)(C)OC(=O)N[C@H](C(=O)N1CC[C@@H]2[C@H]1[C@@H](c1c[nH]c3cc(F)ccc13)CN2C(=O)OCc1ccccc1)C1CCCCC1.CC(C)(C)OC(=O)N[C@H](C(=O)N1CC[C@H]2CC[C@H](c3c[nH]c4cc(F)ccc34)[C@H]21)C1CCCCC1. The average Bonchev–Trinajstić information content (AvgIpc) is 4.31. The Morgan fingerprint density at radius 2 is 1.09 bits per heavy atom. The quantitative estimate of drug-likeness (QED) is 0.0998. The molecule has 3 aliphatic heterocycles. The van der Waals surface area contributed by atoms with Crippen molar-refractivity contribution in [1.82, 2.24) is 35.3 Å². The second kappa shape index (κ2) is 23.8. The number of carbonyl (C=O) groups is 5. The Morgan fingerprint density at radius 3 is 1.61 bits per heavy atom. The zero-order valence-electron chi connectivity index (χ0n) is 47.4. The molecule has 17 heteroatoms. The third-order valence-corrected chi connectivity index (χ3v) is 17.7. The van der Waals surface area contributed by atoms with Crippen LogP contribution in [0.4, 0.5) is 23.2 Å². The normalized spacial score (nSPS) is 24.2. The van der Waals surface area contributed by atoms with E-state index in [1.165, 1.54) is 36.2 Å². The van der Waals surface area contributed by atoms with Crippen molar-refractivity contribution in [1.29, 1.82) is 0 Å². The molecule has 0 spiro atoms. The van der Waals surface area contributed by atoms with E-state index in [0.717, 1.165) is 111 Å². The van der Waals surface area contributed by atoms with E-state index in [0.29, 0.717) is 30.9 Å². The molecule has 6 fully saturated rings. The first-order valence-corrected chi connectivity index (χ1v) is 29.4. The van der Waals surface area contributed by atoms with E-state index in [9.17, 15) is 32.8 Å². The fourth-order valence-corrected chi connectivity index (χ4v) is 14.3. The number of benzene rings is 3. The molecule has 6 aliphatic rings. The van der Waals surface area contributed by atoms with Crippen molar-refractivity contribution in [3.8, 4) is 0 Å². The predicted octanol–water partition coefficient (Wildman–Crippen LogP) is 12.4. The summed E-state index contributed by atoms with van der Waals surface area (Å²) in [7, 11) is 0. The third-order valence-electron chi connectivity index (χ3n) is 17.7. The lowest BCUT2D eigenvalue weighted by atomic mass is 9.83. The van der Waals surface area contributed by atoms with E-state index >= 15 is 0 Å². The molecule has 5 amide bonds. The van der Waals surface area contributed by atoms with Gasteiger partial charge in [0.25, 0.3) is 0 Å². The standard InChI is InChI=1S/C35H43FN4O5.C28H38FN3O3/c1-35(2,3)45-33(42)38-30(23-12-8-5-9-13-23)32(41)39-17-16-29-31(39)27(26-19-37-28-18-24(36)14-15-25(26)28)20-40(29)34(43)44-21-22-10-6-4-7-11-22;1-28(2,3)35-27(34)31-24(17-7-5-4-6-8-17)26(33)32-14-13-18-9-11-21(25(18)32)22-16-30-23-15-19(29)10-12-20(22)23/h4,6-7,10-11,14-15,18-19,23,27,29-31,37H,5,8-9,12-13,16-17,20-21H2,1-3H3,(H,38,42);10,12,15-18,21,24-25,30H,4-9,11,13-14H2,1-3H3,(H,31,34)/t27-,29-,30+,31-;18-,21-,24+,25+/m11/s1. The number of nitrogens with one attached hydrogen (secondary N) is 4. The van der Waals surface area contributed by atoms with Gasteiger partial charge in [0.05, 0.1) is 12.1 Å². The number of H-pyrrole nitrogens is 2. The van der Waals surface area contributed by atoms with E-state index in [1.807, 2.05) is 74.5 Å². The molecule has 0 radical (unpaired) electrons. The minimum Gasteiger partial charge on any atom is -0.445 e. The highest BCUT2D eigenvalue weighted by Gasteiger charge is 2.55. The Bertz CT molecular complexity index is 3010. The first-order chi connectivity index (χ1) is 38.3. The molecule has 4 N–H and O–H groups in total. The lowest BCUT2D eigenvalue weighted by Gasteiger charge is -2.36. The van der Waals surface area contributed by atoms with Crippen molar-refractivity contribution in [2.75, 3.05) is 19.6 Å². The molecule has 11 rings (SSSR count). The lowest BCUT2D eigenvalue weighted by Crippen LogP contribution is -2.55. The van der Waals surface area contributed by atoms with Gasteiger partial charge in [0, 0.05) is 71.7 Å². The number of hydrogen-bond donors (Lipinski definition) is 4. The number of ether oxygens (including phenoxy) is 3. The van der Waals surface area contributed by atoms with Crippen LogP contribution in [0.2, 0.25) is 0 Å². The fourth-order valence-electron chi connectivity index (χ4n) is 14.3. The first kappa shape index (κ1) is 56.6. The van der Waals surface area contributed by atoms with Gasteiger partial charge in [-0.2, -0.15) is 0 Å². The van der Waals surface area contributed by atoms with E-state index in [4.69, 9.17) is 14.2 Å². The van der Waals surface area contributed by atoms with E-state index in [2.05, 4.69) is 25.5 Å². The second-order valence-electron chi connectivity index (χ2n) is 25.3. The van der Waals surface area contributed by atoms with Crippen LogP contribution in [0.15, 0.2) is 79.1 Å². The molecule has 3 aliphatic carbocycles. The number of aromatic amines is 2. The number of halogens is 2. The molecule has 80 heavy (non-hydrogen) atoms. The summed E-state index contributed by atoms with van der Waals surface area (Å²) in [6.45, 7) is 12.6. The van der Waals surface area contributed by atoms with Gasteiger partial charge in [-0.1, -0.05) is 68.9 Å². The number of carbonyl (C=O) groups excluding carboxylic acids is 5. The molecule has 5 aromatic rings. The summed E-state index contributed by atoms with van der Waals surface area (Å²) in [5, 5.41) is 7.83. The van der Waals surface area contributed by atoms with Crippen LogP contribution in [0, 0.1) is 29.4 Å². The third kappa shape index (κ3) is 12.6. The Hall–Kier alpha value is -6.65. The zero-order valence-corrected chi connectivity index (χ0v) is 47.4. The average molecular weight is 1100 g/mol. The van der Waals surface area contributed by atoms with Gasteiger partial charge >= 0.3 is 18.3 Å². The van der Waals surface area contributed by atoms with Gasteiger partial charge in [-0.3, -0.25) is 9.59 Å². The monoisotopic (exact) mass is 1100 g/mol. The highest BCUT2D eigenvalue weighted by molar-refractivity contribution is 5.89. The molecular weight excluding hydrogens is 1020 g/mol. The van der Waals surface area contributed by atoms with Gasteiger partial charge in [0.1, 0.15) is 41.5 Å². The summed E-state index contributed by atoms with van der Waals surface area (Å²) in [6.07, 6.45) is 16.1. The molecule has 430 valence electrons. The number of rotatable bonds is 10. The van der Waals surface area contributed by atoms with Gasteiger partial charge < -0.3 is 49.5 Å². The first-order valence-electron chi connectivity index (χ1n) is 29.4. The smallest absolute Gasteiger partial charge is 0.410 e. The van der Waals surface area contributed by atoms with Crippen LogP contribution >= 0.6 is 0 Å². The Balaban J connectivity index is 0.000000186. The molecule has 3 saturated carbocycles. The largest absolute Gasteiger partial charge is 0.445 e. The Labute approximate surface area is 468 Å². The van der Waals surface area contributed by atoms with Gasteiger partial charge in [0.15, 0.2) is 0 Å². The van der Waals surface area contributed by atoms with Crippen molar-refractivity contribution >= 4 is 51.9 Å². The Morgan fingerprint density at radius 1 is 0.588 bits per heavy atom. The summed E-state index contributed by atoms with van der Waals surface area (Å²) in [6, 6.07) is 17.3. The lowest BCUT2D eigenvalue weighted by molar-refractivity contribution is -0.137. The minimum atomic E-state index is -0.726. The van der Waals surface area contributed by atoms with Crippen LogP contribution in [0.25, 0.3) is 21.8 Å². The highest BCUT2D eigenvalue weighted by atomic mass is 19.1. The van der Waals surface area contributed by atoms with Crippen molar-refractivity contribution in [2.45, 2.75) is 191 Å². The topological polar surface area (TPSA) is 178 Å². The fraction of sp³-hybridized carbons (Fsp3) is 0.571. The van der Waals surface area contributed by atoms with Crippen LogP contribution in [0.1, 0.15) is 160 Å². The van der Waals surface area contributed by atoms with E-state index in [-0.39, 0.29) is 71.9 Å². The van der Waals surface area contributed by atoms with Gasteiger partial charge in [-0.25, -0.2) is 23.2 Å². The predicted molar refractivity (Wildman–Crippen MR) is 302 cm³/mol. The maximum Gasteiger partial charge on any atom is 0.410 e. The molecule has 8 atom stereocenters. The molecule has 5 heterocycles. The summed E-state index contributed by atoms with van der Waals surface area (Å²) in [5.74, 6) is -0.132. The van der Waals surface area contributed by atoms with Crippen LogP contribution < -0.4 is 10.6 Å². The number of hydrogen-bond acceptors (Lipinski definition) is 8. The number of nitrogens with zero attached hydrogens (tertiary/aromatic N) is 3. The molecule has 2 aromatic heterocycles. The van der Waals surface area contributed by atoms with Crippen LogP contribution in [0.3, 0.4) is 0 Å². The van der Waals surface area contributed by atoms with Crippen molar-refractivity contribution in [2.24, 2.45) is 17.8 Å². The molecule has 0 unspecified atom stereocenters. The Kier molecular flexibility index (Phi) is 16.9. The molecule has 3 saturated heterocycles. The zero-order chi connectivity index (χ0) is 56.5. The van der Waals surface area contributed by atoms with Crippen molar-refractivity contribution < 1.29 is 47.0 Å². The van der Waals surface area contributed by atoms with Crippen LogP contribution in [-0.4, -0.2) is 116 Å². The van der Waals surface area contributed by atoms with Gasteiger partial charge in [-0.15, -0.1) is 0 Å². The second-order valence-corrected chi connectivity index (χ2v) is 25.3. The summed E-state index contributed by atoms with van der Waals surface area (Å²) in [4.78, 5) is 80.1. The van der Waals surface area contributed by atoms with E-state index in [1.54, 1.807) is 31.7 Å². The molecule has 3 aromatic carbocycles. The molecule has 15 nitrogen and oxygen atoms in total. The minimum absolute atomic E-state index is 0.000626. The molecular formula is C63H81F2N7O8. The number of fused-ring (bicyclic) bond motifs is 4. The van der Waals surface area contributed by atoms with Crippen LogP contribution in [-0.2, 0) is 30.4 Å². The number of alkyl carbamates (subject to hydrolysis) is 2. The molecule has 0 bridgehead atoms. The number of aromatic nitrogens is 2. The maximum absolute atomic E-state index is 14.6. The number of amides is 5. The van der Waals surface area contributed by atoms with E-state index < -0.39 is 41.6 Å². The van der Waals surface area contributed by atoms with Crippen LogP contribution in [0.5, 0.6) is 0 Å². The number of likely N-dealkylation sites (tertiary alicyclic amines) is 3. The summed E-state index contributed by atoms with van der Waals surface area (Å²) < 4.78 is 44.7. The summed E-state index contributed by atoms with van der Waals surface area (Å²) in [5.41, 5.74) is 3.13. The van der Waals surface area contributed by atoms with Crippen molar-refractivity contribution in [3.63, 3.8) is 0 Å².